The Morgan fingerprint density at radius 1 is 1.00 bits per heavy atom. The fourth-order valence-corrected chi connectivity index (χ4v) is 3.78. The van der Waals surface area contributed by atoms with Crippen LogP contribution in [0.2, 0.25) is 0 Å². The zero-order valence-corrected chi connectivity index (χ0v) is 18.1. The zero-order chi connectivity index (χ0) is 22.0. The lowest BCUT2D eigenvalue weighted by atomic mass is 10.2. The van der Waals surface area contributed by atoms with E-state index >= 15 is 0 Å². The first-order valence-electron chi connectivity index (χ1n) is 10.6. The Kier molecular flexibility index (Phi) is 5.79. The third kappa shape index (κ3) is 3.93. The molecule has 31 heavy (non-hydrogen) atoms. The van der Waals surface area contributed by atoms with Crippen LogP contribution in [0, 0.1) is 0 Å². The molecule has 0 fully saturated rings. The number of aromatic amines is 1. The Hall–Kier alpha value is -3.55. The molecule has 3 heterocycles. The maximum absolute atomic E-state index is 13.0. The first kappa shape index (κ1) is 20.7. The van der Waals surface area contributed by atoms with E-state index in [0.717, 1.165) is 23.4 Å². The van der Waals surface area contributed by atoms with Crippen molar-refractivity contribution in [1.29, 1.82) is 0 Å². The molecule has 0 atom stereocenters. The fourth-order valence-electron chi connectivity index (χ4n) is 3.78. The van der Waals surface area contributed by atoms with Gasteiger partial charge >= 0.3 is 5.69 Å². The molecule has 8 nitrogen and oxygen atoms in total. The number of aromatic nitrogens is 5. The minimum atomic E-state index is -0.289. The van der Waals surface area contributed by atoms with Gasteiger partial charge in [0.2, 0.25) is 5.88 Å². The van der Waals surface area contributed by atoms with Crippen molar-refractivity contribution in [2.75, 3.05) is 0 Å². The first-order valence-corrected chi connectivity index (χ1v) is 10.6. The van der Waals surface area contributed by atoms with E-state index in [1.165, 1.54) is 4.57 Å². The topological polar surface area (TPSA) is 86.8 Å². The molecule has 8 heteroatoms. The number of nitrogens with one attached hydrogen (secondary N) is 1. The van der Waals surface area contributed by atoms with Gasteiger partial charge in [0.05, 0.1) is 16.9 Å². The molecule has 0 spiro atoms. The van der Waals surface area contributed by atoms with Gasteiger partial charge in [-0.15, -0.1) is 5.10 Å². The first-order chi connectivity index (χ1) is 15.0. The summed E-state index contributed by atoms with van der Waals surface area (Å²) in [4.78, 5) is 29.1. The monoisotopic (exact) mass is 421 g/mol. The van der Waals surface area contributed by atoms with Gasteiger partial charge < -0.3 is 9.72 Å². The third-order valence-electron chi connectivity index (χ3n) is 5.27. The molecule has 0 aliphatic carbocycles. The van der Waals surface area contributed by atoms with E-state index in [0.29, 0.717) is 43.0 Å². The van der Waals surface area contributed by atoms with Crippen molar-refractivity contribution in [3.8, 4) is 17.3 Å². The van der Waals surface area contributed by atoms with Crippen LogP contribution in [-0.4, -0.2) is 23.9 Å². The molecule has 0 aliphatic heterocycles. The average molecular weight is 422 g/mol. The molecule has 1 aromatic carbocycles. The predicted molar refractivity (Wildman–Crippen MR) is 120 cm³/mol. The second-order valence-corrected chi connectivity index (χ2v) is 7.60. The summed E-state index contributed by atoms with van der Waals surface area (Å²) in [5.41, 5.74) is 3.05. The van der Waals surface area contributed by atoms with E-state index in [9.17, 15) is 9.59 Å². The SMILES string of the molecule is CCCn1c(=O)c2[nH]c(-c3cc(OCc4ccccc4)nn3C)cc2n(CCC)c1=O. The molecule has 0 radical (unpaired) electrons. The lowest BCUT2D eigenvalue weighted by molar-refractivity contribution is 0.291. The van der Waals surface area contributed by atoms with Crippen LogP contribution in [0.4, 0.5) is 0 Å². The maximum Gasteiger partial charge on any atom is 0.331 e. The molecule has 0 saturated carbocycles. The number of ether oxygens (including phenoxy) is 1. The van der Waals surface area contributed by atoms with E-state index in [2.05, 4.69) is 10.1 Å². The van der Waals surface area contributed by atoms with E-state index in [4.69, 9.17) is 4.74 Å². The Morgan fingerprint density at radius 2 is 1.71 bits per heavy atom. The molecule has 1 N–H and O–H groups in total. The molecule has 0 aliphatic rings. The van der Waals surface area contributed by atoms with Crippen LogP contribution >= 0.6 is 0 Å². The molecular weight excluding hydrogens is 394 g/mol. The molecule has 3 aromatic heterocycles. The standard InChI is InChI=1S/C23H27N5O3/c1-4-11-27-19-13-17(24-21(19)22(29)28(12-5-2)23(27)30)18-14-20(25-26(18)3)31-15-16-9-7-6-8-10-16/h6-10,13-14,24H,4-5,11-12,15H2,1-3H3. The van der Waals surface area contributed by atoms with E-state index in [1.807, 2.05) is 63.4 Å². The van der Waals surface area contributed by atoms with Gasteiger partial charge in [0.1, 0.15) is 12.1 Å². The van der Waals surface area contributed by atoms with Gasteiger partial charge in [0.25, 0.3) is 5.56 Å². The number of hydrogen-bond donors (Lipinski definition) is 1. The van der Waals surface area contributed by atoms with Crippen molar-refractivity contribution in [2.45, 2.75) is 46.4 Å². The Labute approximate surface area is 179 Å². The zero-order valence-electron chi connectivity index (χ0n) is 18.1. The van der Waals surface area contributed by atoms with Crippen LogP contribution < -0.4 is 16.0 Å². The molecule has 4 aromatic rings. The molecule has 0 amide bonds. The highest BCUT2D eigenvalue weighted by atomic mass is 16.5. The highest BCUT2D eigenvalue weighted by Gasteiger charge is 2.18. The second-order valence-electron chi connectivity index (χ2n) is 7.60. The van der Waals surface area contributed by atoms with Crippen molar-refractivity contribution in [2.24, 2.45) is 7.05 Å². The molecule has 0 unspecified atom stereocenters. The van der Waals surface area contributed by atoms with Gasteiger partial charge in [-0.25, -0.2) is 4.79 Å². The lowest BCUT2D eigenvalue weighted by Gasteiger charge is -2.10. The van der Waals surface area contributed by atoms with Crippen molar-refractivity contribution in [3.63, 3.8) is 0 Å². The van der Waals surface area contributed by atoms with Crippen LogP contribution in [0.3, 0.4) is 0 Å². The van der Waals surface area contributed by atoms with Crippen LogP contribution in [0.1, 0.15) is 32.3 Å². The number of benzene rings is 1. The smallest absolute Gasteiger partial charge is 0.331 e. The summed E-state index contributed by atoms with van der Waals surface area (Å²) in [6.07, 6.45) is 1.51. The van der Waals surface area contributed by atoms with E-state index in [1.54, 1.807) is 9.25 Å². The van der Waals surface area contributed by atoms with Crippen molar-refractivity contribution >= 4 is 11.0 Å². The minimum Gasteiger partial charge on any atom is -0.472 e. The number of aryl methyl sites for hydroxylation is 2. The number of nitrogens with zero attached hydrogens (tertiary/aromatic N) is 4. The van der Waals surface area contributed by atoms with Crippen LogP contribution in [0.5, 0.6) is 5.88 Å². The Bertz CT molecular complexity index is 1310. The third-order valence-corrected chi connectivity index (χ3v) is 5.27. The number of fused-ring (bicyclic) bond motifs is 1. The van der Waals surface area contributed by atoms with Gasteiger partial charge in [0, 0.05) is 26.2 Å². The number of rotatable bonds is 8. The van der Waals surface area contributed by atoms with Crippen molar-refractivity contribution in [3.05, 3.63) is 68.9 Å². The summed E-state index contributed by atoms with van der Waals surface area (Å²) in [5.74, 6) is 0.495. The van der Waals surface area contributed by atoms with Crippen molar-refractivity contribution < 1.29 is 4.74 Å². The predicted octanol–water partition coefficient (Wildman–Crippen LogP) is 3.29. The lowest BCUT2D eigenvalue weighted by Crippen LogP contribution is -2.39. The number of hydrogen-bond acceptors (Lipinski definition) is 4. The summed E-state index contributed by atoms with van der Waals surface area (Å²) >= 11 is 0. The molecule has 0 saturated heterocycles. The largest absolute Gasteiger partial charge is 0.472 e. The maximum atomic E-state index is 13.0. The van der Waals surface area contributed by atoms with Gasteiger partial charge in [-0.05, 0) is 24.5 Å². The Morgan fingerprint density at radius 3 is 2.42 bits per heavy atom. The summed E-state index contributed by atoms with van der Waals surface area (Å²) in [6.45, 7) is 5.33. The normalized spacial score (nSPS) is 11.3. The summed E-state index contributed by atoms with van der Waals surface area (Å²) in [6, 6.07) is 13.6. The summed E-state index contributed by atoms with van der Waals surface area (Å²) in [5, 5.41) is 4.44. The molecule has 0 bridgehead atoms. The number of H-pyrrole nitrogens is 1. The van der Waals surface area contributed by atoms with Crippen molar-refractivity contribution in [1.82, 2.24) is 23.9 Å². The highest BCUT2D eigenvalue weighted by Crippen LogP contribution is 2.25. The fraction of sp³-hybridized carbons (Fsp3) is 0.348. The van der Waals surface area contributed by atoms with E-state index in [-0.39, 0.29) is 11.2 Å². The van der Waals surface area contributed by atoms with Crippen LogP contribution in [0.15, 0.2) is 52.1 Å². The van der Waals surface area contributed by atoms with Gasteiger partial charge in [0.15, 0.2) is 0 Å². The Balaban J connectivity index is 1.74. The van der Waals surface area contributed by atoms with Gasteiger partial charge in [-0.1, -0.05) is 44.2 Å². The average Bonchev–Trinajstić information content (AvgIpc) is 3.37. The van der Waals surface area contributed by atoms with E-state index < -0.39 is 0 Å². The summed E-state index contributed by atoms with van der Waals surface area (Å²) < 4.78 is 10.5. The quantitative estimate of drug-likeness (QED) is 0.473. The second kappa shape index (κ2) is 8.67. The minimum absolute atomic E-state index is 0.261. The highest BCUT2D eigenvalue weighted by molar-refractivity contribution is 5.81. The molecule has 162 valence electrons. The summed E-state index contributed by atoms with van der Waals surface area (Å²) in [7, 11) is 1.82. The molecular formula is C23H27N5O3. The van der Waals surface area contributed by atoms with Crippen LogP contribution in [0.25, 0.3) is 22.4 Å². The van der Waals surface area contributed by atoms with Crippen LogP contribution in [-0.2, 0) is 26.7 Å². The van der Waals surface area contributed by atoms with Gasteiger partial charge in [-0.3, -0.25) is 18.6 Å². The molecule has 4 rings (SSSR count). The van der Waals surface area contributed by atoms with Gasteiger partial charge in [-0.2, -0.15) is 0 Å².